The maximum atomic E-state index is 9.77. The standard InChI is InChI=1S/C7H9NS.C4H6O6/c1-2-4-7-6(3-1)8-5-9-7;5-1(3(7)8)2(6)4(9)10/h1-2,4,6,8H,3,5H2;1-2,5-6H,(H,7,8)(H,9,10). The maximum absolute atomic E-state index is 9.77. The fourth-order valence-corrected chi connectivity index (χ4v) is 2.44. The summed E-state index contributed by atoms with van der Waals surface area (Å²) in [5, 5.41) is 35.9. The van der Waals surface area contributed by atoms with Crippen LogP contribution in [0.25, 0.3) is 0 Å². The van der Waals surface area contributed by atoms with Crippen LogP contribution >= 0.6 is 11.8 Å². The summed E-state index contributed by atoms with van der Waals surface area (Å²) in [7, 11) is 0. The summed E-state index contributed by atoms with van der Waals surface area (Å²) in [6, 6.07) is 0.653. The van der Waals surface area contributed by atoms with Crippen molar-refractivity contribution in [3.8, 4) is 0 Å². The first-order chi connectivity index (χ1) is 8.93. The van der Waals surface area contributed by atoms with E-state index in [4.69, 9.17) is 20.4 Å². The van der Waals surface area contributed by atoms with E-state index in [-0.39, 0.29) is 0 Å². The average Bonchev–Trinajstić information content (AvgIpc) is 2.85. The van der Waals surface area contributed by atoms with E-state index in [1.165, 1.54) is 11.3 Å². The van der Waals surface area contributed by atoms with Crippen LogP contribution in [0.4, 0.5) is 0 Å². The molecule has 1 heterocycles. The van der Waals surface area contributed by atoms with Crippen molar-refractivity contribution in [3.05, 3.63) is 23.1 Å². The molecule has 1 aliphatic carbocycles. The molecule has 0 aromatic rings. The van der Waals surface area contributed by atoms with Gasteiger partial charge < -0.3 is 20.4 Å². The highest BCUT2D eigenvalue weighted by Crippen LogP contribution is 2.29. The molecule has 3 atom stereocenters. The zero-order chi connectivity index (χ0) is 14.4. The molecule has 0 bridgehead atoms. The van der Waals surface area contributed by atoms with Crippen LogP contribution in [0.1, 0.15) is 6.42 Å². The second-order valence-electron chi connectivity index (χ2n) is 3.84. The van der Waals surface area contributed by atoms with Crippen LogP contribution in [-0.2, 0) is 9.59 Å². The van der Waals surface area contributed by atoms with Gasteiger partial charge in [0.15, 0.2) is 12.2 Å². The molecule has 7 nitrogen and oxygen atoms in total. The lowest BCUT2D eigenvalue weighted by Gasteiger charge is -2.10. The fraction of sp³-hybridized carbons (Fsp3) is 0.455. The number of fused-ring (bicyclic) bond motifs is 1. The van der Waals surface area contributed by atoms with E-state index >= 15 is 0 Å². The molecule has 0 spiro atoms. The first kappa shape index (κ1) is 15.7. The van der Waals surface area contributed by atoms with E-state index in [0.717, 1.165) is 5.88 Å². The molecule has 8 heteroatoms. The predicted molar refractivity (Wildman–Crippen MR) is 68.5 cm³/mol. The van der Waals surface area contributed by atoms with Crippen LogP contribution in [-0.4, -0.2) is 56.5 Å². The molecule has 0 aromatic heterocycles. The number of allylic oxidation sites excluding steroid dienone is 2. The molecule has 0 aromatic carbocycles. The molecular weight excluding hydrogens is 274 g/mol. The van der Waals surface area contributed by atoms with Gasteiger partial charge in [0.2, 0.25) is 0 Å². The molecule has 106 valence electrons. The van der Waals surface area contributed by atoms with Crippen molar-refractivity contribution in [1.82, 2.24) is 5.32 Å². The van der Waals surface area contributed by atoms with Gasteiger partial charge in [-0.05, 0) is 6.42 Å². The highest BCUT2D eigenvalue weighted by Gasteiger charge is 2.29. The lowest BCUT2D eigenvalue weighted by Crippen LogP contribution is -2.39. The summed E-state index contributed by atoms with van der Waals surface area (Å²) in [5.74, 6) is -2.44. The Morgan fingerprint density at radius 1 is 1.26 bits per heavy atom. The number of rotatable bonds is 3. The number of carboxylic acid groups (broad SMARTS) is 2. The van der Waals surface area contributed by atoms with Crippen LogP contribution in [0.5, 0.6) is 0 Å². The largest absolute Gasteiger partial charge is 0.479 e. The predicted octanol–water partition coefficient (Wildman–Crippen LogP) is -0.630. The van der Waals surface area contributed by atoms with Gasteiger partial charge in [-0.15, -0.1) is 11.8 Å². The van der Waals surface area contributed by atoms with Crippen molar-refractivity contribution in [2.45, 2.75) is 24.7 Å². The summed E-state index contributed by atoms with van der Waals surface area (Å²) < 4.78 is 0. The Bertz CT molecular complexity index is 390. The number of carboxylic acids is 2. The van der Waals surface area contributed by atoms with Gasteiger partial charge in [-0.2, -0.15) is 0 Å². The smallest absolute Gasteiger partial charge is 0.335 e. The van der Waals surface area contributed by atoms with E-state index in [1.807, 2.05) is 11.8 Å². The average molecular weight is 289 g/mol. The van der Waals surface area contributed by atoms with Gasteiger partial charge in [0.1, 0.15) is 0 Å². The van der Waals surface area contributed by atoms with E-state index in [0.29, 0.717) is 6.04 Å². The van der Waals surface area contributed by atoms with Gasteiger partial charge in [-0.1, -0.05) is 18.2 Å². The number of carbonyl (C=O) groups is 2. The highest BCUT2D eigenvalue weighted by atomic mass is 32.2. The molecule has 19 heavy (non-hydrogen) atoms. The molecule has 0 amide bonds. The number of aliphatic hydroxyl groups is 2. The van der Waals surface area contributed by atoms with E-state index < -0.39 is 24.1 Å². The molecular formula is C11H15NO6S. The minimum Gasteiger partial charge on any atom is -0.479 e. The lowest BCUT2D eigenvalue weighted by molar-refractivity contribution is -0.165. The Hall–Kier alpha value is -1.35. The summed E-state index contributed by atoms with van der Waals surface area (Å²) in [4.78, 5) is 21.1. The van der Waals surface area contributed by atoms with Crippen LogP contribution in [0.3, 0.4) is 0 Å². The number of hydrogen-bond acceptors (Lipinski definition) is 6. The van der Waals surface area contributed by atoms with E-state index in [9.17, 15) is 9.59 Å². The van der Waals surface area contributed by atoms with Crippen LogP contribution in [0.15, 0.2) is 23.1 Å². The number of thioether (sulfide) groups is 1. The van der Waals surface area contributed by atoms with Crippen LogP contribution in [0.2, 0.25) is 0 Å². The third-order valence-corrected chi connectivity index (χ3v) is 3.55. The Labute approximate surface area is 113 Å². The number of nitrogens with one attached hydrogen (secondary N) is 1. The number of hydrogen-bond donors (Lipinski definition) is 5. The van der Waals surface area contributed by atoms with Gasteiger partial charge in [-0.25, -0.2) is 9.59 Å². The molecule has 0 saturated carbocycles. The van der Waals surface area contributed by atoms with Crippen molar-refractivity contribution in [2.24, 2.45) is 0 Å². The minimum atomic E-state index is -2.27. The SMILES string of the molecule is C1=CCC2NCSC2=C1.O=C(O)C(O)C(O)C(=O)O. The second-order valence-corrected chi connectivity index (χ2v) is 4.89. The minimum absolute atomic E-state index is 0.653. The Morgan fingerprint density at radius 3 is 2.32 bits per heavy atom. The number of aliphatic carboxylic acids is 2. The van der Waals surface area contributed by atoms with Gasteiger partial charge in [0, 0.05) is 16.8 Å². The molecule has 1 fully saturated rings. The Balaban J connectivity index is 0.000000190. The summed E-state index contributed by atoms with van der Waals surface area (Å²) in [6.07, 6.45) is 3.21. The zero-order valence-corrected chi connectivity index (χ0v) is 10.7. The van der Waals surface area contributed by atoms with Gasteiger partial charge in [0.05, 0.1) is 0 Å². The first-order valence-corrected chi connectivity index (χ1v) is 6.46. The molecule has 5 N–H and O–H groups in total. The van der Waals surface area contributed by atoms with Gasteiger partial charge >= 0.3 is 11.9 Å². The van der Waals surface area contributed by atoms with Crippen molar-refractivity contribution in [2.75, 3.05) is 5.88 Å². The van der Waals surface area contributed by atoms with Crippen molar-refractivity contribution in [1.29, 1.82) is 0 Å². The maximum Gasteiger partial charge on any atom is 0.335 e. The Morgan fingerprint density at radius 2 is 1.84 bits per heavy atom. The number of aliphatic hydroxyl groups excluding tert-OH is 2. The second kappa shape index (κ2) is 7.29. The van der Waals surface area contributed by atoms with Crippen LogP contribution < -0.4 is 5.32 Å². The fourth-order valence-electron chi connectivity index (χ4n) is 1.44. The molecule has 3 unspecified atom stereocenters. The summed E-state index contributed by atoms with van der Waals surface area (Å²) >= 11 is 1.93. The topological polar surface area (TPSA) is 127 Å². The third kappa shape index (κ3) is 4.67. The van der Waals surface area contributed by atoms with E-state index in [2.05, 4.69) is 23.5 Å². The van der Waals surface area contributed by atoms with Crippen molar-refractivity contribution >= 4 is 23.7 Å². The van der Waals surface area contributed by atoms with Gasteiger partial charge in [-0.3, -0.25) is 5.32 Å². The van der Waals surface area contributed by atoms with Crippen molar-refractivity contribution < 1.29 is 30.0 Å². The normalized spacial score (nSPS) is 23.5. The molecule has 2 aliphatic rings. The molecule has 1 saturated heterocycles. The highest BCUT2D eigenvalue weighted by molar-refractivity contribution is 8.03. The first-order valence-electron chi connectivity index (χ1n) is 5.48. The van der Waals surface area contributed by atoms with E-state index in [1.54, 1.807) is 0 Å². The molecule has 0 radical (unpaired) electrons. The molecule has 1 aliphatic heterocycles. The van der Waals surface area contributed by atoms with Crippen LogP contribution in [0, 0.1) is 0 Å². The quantitative estimate of drug-likeness (QED) is 0.465. The monoisotopic (exact) mass is 289 g/mol. The van der Waals surface area contributed by atoms with Crippen molar-refractivity contribution in [3.63, 3.8) is 0 Å². The zero-order valence-electron chi connectivity index (χ0n) is 9.89. The summed E-state index contributed by atoms with van der Waals surface area (Å²) in [5.41, 5.74) is 0. The summed E-state index contributed by atoms with van der Waals surface area (Å²) in [6.45, 7) is 0. The molecule has 2 rings (SSSR count). The third-order valence-electron chi connectivity index (χ3n) is 2.49. The Kier molecular flexibility index (Phi) is 6.03. The van der Waals surface area contributed by atoms with Gasteiger partial charge in [0.25, 0.3) is 0 Å². The lowest BCUT2D eigenvalue weighted by atomic mass is 10.1.